The van der Waals surface area contributed by atoms with Crippen LogP contribution in [0.2, 0.25) is 0 Å². The minimum absolute atomic E-state index is 0.153. The van der Waals surface area contributed by atoms with Crippen LogP contribution in [0.3, 0.4) is 0 Å². The van der Waals surface area contributed by atoms with Gasteiger partial charge in [-0.25, -0.2) is 4.98 Å². The average molecular weight is 829 g/mol. The Labute approximate surface area is 371 Å². The Hall–Kier alpha value is -8.09. The molecule has 308 valence electrons. The molecule has 6 nitrogen and oxygen atoms in total. The second-order valence-electron chi connectivity index (χ2n) is 17.7. The van der Waals surface area contributed by atoms with E-state index in [1.165, 1.54) is 16.7 Å². The molecule has 6 heteroatoms. The Bertz CT molecular complexity index is 3550. The second kappa shape index (κ2) is 14.8. The highest BCUT2D eigenvalue weighted by Crippen LogP contribution is 2.48. The van der Waals surface area contributed by atoms with Gasteiger partial charge in [0.1, 0.15) is 35.2 Å². The lowest BCUT2D eigenvalue weighted by atomic mass is 9.86. The lowest BCUT2D eigenvalue weighted by molar-refractivity contribution is 0.479. The van der Waals surface area contributed by atoms with Crippen molar-refractivity contribution < 1.29 is 9.15 Å². The normalized spacial score (nSPS) is 12.8. The van der Waals surface area contributed by atoms with Crippen LogP contribution in [0.1, 0.15) is 26.3 Å². The minimum Gasteiger partial charge on any atom is -0.457 e. The minimum atomic E-state index is -0.153. The molecule has 0 radical (unpaired) electrons. The van der Waals surface area contributed by atoms with E-state index in [4.69, 9.17) is 14.1 Å². The maximum Gasteiger partial charge on any atom is 0.141 e. The van der Waals surface area contributed by atoms with E-state index in [-0.39, 0.29) is 5.41 Å². The van der Waals surface area contributed by atoms with Crippen molar-refractivity contribution in [3.05, 3.63) is 206 Å². The van der Waals surface area contributed by atoms with Gasteiger partial charge in [0.25, 0.3) is 0 Å². The fourth-order valence-corrected chi connectivity index (χ4v) is 9.44. The van der Waals surface area contributed by atoms with Crippen molar-refractivity contribution in [1.82, 2.24) is 9.55 Å². The van der Waals surface area contributed by atoms with Crippen LogP contribution in [-0.2, 0) is 5.41 Å². The second-order valence-corrected chi connectivity index (χ2v) is 17.7. The van der Waals surface area contributed by atoms with Crippen LogP contribution < -0.4 is 14.5 Å². The van der Waals surface area contributed by atoms with E-state index in [1.807, 2.05) is 24.4 Å². The summed E-state index contributed by atoms with van der Waals surface area (Å²) < 4.78 is 15.8. The number of anilines is 4. The van der Waals surface area contributed by atoms with Crippen LogP contribution in [-0.4, -0.2) is 16.2 Å². The molecule has 0 spiro atoms. The van der Waals surface area contributed by atoms with Crippen LogP contribution in [0.5, 0.6) is 11.5 Å². The number of aromatic nitrogens is 2. The molecule has 8 aromatic carbocycles. The Balaban J connectivity index is 1.02. The highest BCUT2D eigenvalue weighted by molar-refractivity contribution is 6.16. The van der Waals surface area contributed by atoms with Crippen molar-refractivity contribution in [1.29, 1.82) is 0 Å². The first-order valence-electron chi connectivity index (χ1n) is 21.9. The SMILES string of the molecule is CC(C)(C)c1cc(Oc2cc(-c3ccccc3)c3c4ccccc4n(-c4cc5oc6ccccc6c5cn4)c3c2)cc(N2CN(c3ccccc3)c3cc(-c4ccccc4)ccc32)c1. The van der Waals surface area contributed by atoms with Gasteiger partial charge in [-0.05, 0) is 87.8 Å². The van der Waals surface area contributed by atoms with Gasteiger partial charge in [-0.3, -0.25) is 4.57 Å². The number of nitrogens with zero attached hydrogens (tertiary/aromatic N) is 4. The third-order valence-corrected chi connectivity index (χ3v) is 12.6. The van der Waals surface area contributed by atoms with Gasteiger partial charge in [-0.1, -0.05) is 142 Å². The molecule has 1 aliphatic heterocycles. The van der Waals surface area contributed by atoms with Gasteiger partial charge in [-0.15, -0.1) is 0 Å². The topological polar surface area (TPSA) is 46.7 Å². The Morgan fingerprint density at radius 2 is 1.17 bits per heavy atom. The fraction of sp³-hybridized carbons (Fsp3) is 0.0862. The third-order valence-electron chi connectivity index (χ3n) is 12.6. The zero-order chi connectivity index (χ0) is 42.9. The van der Waals surface area contributed by atoms with Gasteiger partial charge >= 0.3 is 0 Å². The summed E-state index contributed by atoms with van der Waals surface area (Å²) in [4.78, 5) is 9.92. The van der Waals surface area contributed by atoms with E-state index in [1.54, 1.807) is 0 Å². The Morgan fingerprint density at radius 3 is 1.95 bits per heavy atom. The summed E-state index contributed by atoms with van der Waals surface area (Å²) in [6.07, 6.45) is 1.94. The molecule has 12 rings (SSSR count). The number of benzene rings is 8. The maximum atomic E-state index is 7.17. The van der Waals surface area contributed by atoms with Gasteiger partial charge in [0.2, 0.25) is 0 Å². The number of ether oxygens (including phenoxy) is 1. The smallest absolute Gasteiger partial charge is 0.141 e. The molecule has 0 saturated carbocycles. The molecule has 0 amide bonds. The van der Waals surface area contributed by atoms with Gasteiger partial charge in [0.15, 0.2) is 0 Å². The zero-order valence-corrected chi connectivity index (χ0v) is 35.9. The summed E-state index contributed by atoms with van der Waals surface area (Å²) in [6, 6.07) is 68.6. The average Bonchev–Trinajstić information content (AvgIpc) is 4.01. The van der Waals surface area contributed by atoms with Crippen molar-refractivity contribution in [2.45, 2.75) is 26.2 Å². The summed E-state index contributed by atoms with van der Waals surface area (Å²) in [5.41, 5.74) is 13.8. The van der Waals surface area contributed by atoms with Crippen LogP contribution in [0.4, 0.5) is 22.7 Å². The number of pyridine rings is 1. The van der Waals surface area contributed by atoms with Crippen LogP contribution >= 0.6 is 0 Å². The number of rotatable bonds is 7. The fourth-order valence-electron chi connectivity index (χ4n) is 9.44. The summed E-state index contributed by atoms with van der Waals surface area (Å²) >= 11 is 0. The van der Waals surface area contributed by atoms with E-state index in [0.717, 1.165) is 94.9 Å². The van der Waals surface area contributed by atoms with Crippen molar-refractivity contribution in [3.8, 4) is 39.6 Å². The number of para-hydroxylation sites is 3. The number of fused-ring (bicyclic) bond motifs is 7. The van der Waals surface area contributed by atoms with Crippen molar-refractivity contribution >= 4 is 66.5 Å². The molecule has 0 saturated heterocycles. The first kappa shape index (κ1) is 37.7. The lowest BCUT2D eigenvalue weighted by Crippen LogP contribution is -2.24. The van der Waals surface area contributed by atoms with E-state index in [9.17, 15) is 0 Å². The quantitative estimate of drug-likeness (QED) is 0.160. The summed E-state index contributed by atoms with van der Waals surface area (Å²) in [5, 5.41) is 4.32. The molecule has 0 N–H and O–H groups in total. The van der Waals surface area contributed by atoms with Crippen molar-refractivity contribution in [3.63, 3.8) is 0 Å². The van der Waals surface area contributed by atoms with Crippen LogP contribution in [0, 0.1) is 0 Å². The van der Waals surface area contributed by atoms with Crippen LogP contribution in [0.25, 0.3) is 71.8 Å². The number of hydrogen-bond donors (Lipinski definition) is 0. The molecule has 1 aliphatic rings. The Kier molecular flexibility index (Phi) is 8.70. The van der Waals surface area contributed by atoms with Gasteiger partial charge < -0.3 is 19.0 Å². The monoisotopic (exact) mass is 828 g/mol. The molecule has 0 fully saturated rings. The van der Waals surface area contributed by atoms with Gasteiger partial charge in [-0.2, -0.15) is 0 Å². The standard InChI is InChI=1S/C58H44N4O2/c1-58(2,3)41-30-43(61-37-60(42-21-11-6-12-22-42)52-29-40(27-28-51(52)61)38-17-7-4-8-18-38)32-44(31-41)63-45-33-48(39-19-9-5-10-20-39)57-47-24-13-15-25-50(47)62(53(57)34-45)56-35-55-49(36-59-56)46-23-14-16-26-54(46)64-55/h4-36H,37H2,1-3H3. The molecule has 0 aliphatic carbocycles. The maximum absolute atomic E-state index is 7.17. The van der Waals surface area contributed by atoms with E-state index in [2.05, 4.69) is 211 Å². The predicted octanol–water partition coefficient (Wildman–Crippen LogP) is 15.7. The molecule has 64 heavy (non-hydrogen) atoms. The number of hydrogen-bond acceptors (Lipinski definition) is 5. The van der Waals surface area contributed by atoms with E-state index in [0.29, 0.717) is 6.67 Å². The summed E-state index contributed by atoms with van der Waals surface area (Å²) in [6.45, 7) is 7.44. The first-order chi connectivity index (χ1) is 31.3. The molecule has 4 heterocycles. The molecular formula is C58H44N4O2. The lowest BCUT2D eigenvalue weighted by Gasteiger charge is -2.26. The summed E-state index contributed by atoms with van der Waals surface area (Å²) in [7, 11) is 0. The van der Waals surface area contributed by atoms with Gasteiger partial charge in [0, 0.05) is 57.3 Å². The zero-order valence-electron chi connectivity index (χ0n) is 35.9. The number of furan rings is 1. The van der Waals surface area contributed by atoms with E-state index < -0.39 is 0 Å². The largest absolute Gasteiger partial charge is 0.457 e. The molecular weight excluding hydrogens is 785 g/mol. The first-order valence-corrected chi connectivity index (χ1v) is 21.9. The summed E-state index contributed by atoms with van der Waals surface area (Å²) in [5.74, 6) is 2.28. The van der Waals surface area contributed by atoms with Crippen molar-refractivity contribution in [2.75, 3.05) is 16.5 Å². The van der Waals surface area contributed by atoms with Gasteiger partial charge in [0.05, 0.1) is 22.4 Å². The third kappa shape index (κ3) is 6.37. The van der Waals surface area contributed by atoms with E-state index >= 15 is 0 Å². The Morgan fingerprint density at radius 1 is 0.500 bits per heavy atom. The highest BCUT2D eigenvalue weighted by atomic mass is 16.5. The highest BCUT2D eigenvalue weighted by Gasteiger charge is 2.30. The molecule has 0 bridgehead atoms. The van der Waals surface area contributed by atoms with Crippen molar-refractivity contribution in [2.24, 2.45) is 0 Å². The molecule has 3 aromatic heterocycles. The predicted molar refractivity (Wildman–Crippen MR) is 264 cm³/mol. The molecule has 0 unspecified atom stereocenters. The molecule has 11 aromatic rings. The van der Waals surface area contributed by atoms with Crippen LogP contribution in [0.15, 0.2) is 205 Å². The molecule has 0 atom stereocenters.